The van der Waals surface area contributed by atoms with E-state index in [0.717, 1.165) is 77.0 Å². The van der Waals surface area contributed by atoms with Gasteiger partial charge in [0.25, 0.3) is 0 Å². The van der Waals surface area contributed by atoms with Crippen LogP contribution in [0.2, 0.25) is 0 Å². The van der Waals surface area contributed by atoms with Gasteiger partial charge in [-0.05, 0) is 51.6 Å². The monoisotopic (exact) mass is 577 g/mol. The van der Waals surface area contributed by atoms with Crippen molar-refractivity contribution in [3.8, 4) is 0 Å². The average molecular weight is 578 g/mol. The van der Waals surface area contributed by atoms with E-state index < -0.39 is 23.9 Å². The van der Waals surface area contributed by atoms with Crippen LogP contribution in [0.25, 0.3) is 0 Å². The number of ketones is 1. The molecule has 0 aromatic carbocycles. The number of amides is 1. The molecule has 7 N–H and O–H groups in total. The SMILES string of the molecule is NCCCCCCCCC(=O)CC(CCSSCCC(NC(=O)CCCCCCCCN)C(=O)O)C(=O)O. The summed E-state index contributed by atoms with van der Waals surface area (Å²) in [6.45, 7) is 1.42. The lowest BCUT2D eigenvalue weighted by Crippen LogP contribution is -2.41. The van der Waals surface area contributed by atoms with Gasteiger partial charge in [0.15, 0.2) is 0 Å². The smallest absolute Gasteiger partial charge is 0.326 e. The molecule has 0 radical (unpaired) electrons. The van der Waals surface area contributed by atoms with Crippen molar-refractivity contribution in [3.05, 3.63) is 0 Å². The summed E-state index contributed by atoms with van der Waals surface area (Å²) in [5.41, 5.74) is 10.9. The third-order valence-electron chi connectivity index (χ3n) is 6.35. The van der Waals surface area contributed by atoms with Crippen LogP contribution in [0, 0.1) is 5.92 Å². The summed E-state index contributed by atoms with van der Waals surface area (Å²) >= 11 is 0. The van der Waals surface area contributed by atoms with Gasteiger partial charge in [-0.25, -0.2) is 4.79 Å². The highest BCUT2D eigenvalue weighted by molar-refractivity contribution is 8.76. The van der Waals surface area contributed by atoms with E-state index in [1.54, 1.807) is 0 Å². The Bertz CT molecular complexity index is 600. The van der Waals surface area contributed by atoms with Crippen molar-refractivity contribution in [2.24, 2.45) is 17.4 Å². The van der Waals surface area contributed by atoms with Crippen molar-refractivity contribution < 1.29 is 29.4 Å². The highest BCUT2D eigenvalue weighted by Gasteiger charge is 2.22. The molecule has 0 aromatic heterocycles. The van der Waals surface area contributed by atoms with Crippen molar-refractivity contribution >= 4 is 45.2 Å². The van der Waals surface area contributed by atoms with Crippen molar-refractivity contribution in [1.29, 1.82) is 0 Å². The van der Waals surface area contributed by atoms with Crippen molar-refractivity contribution in [2.45, 2.75) is 115 Å². The zero-order valence-corrected chi connectivity index (χ0v) is 24.6. The lowest BCUT2D eigenvalue weighted by molar-refractivity contribution is -0.144. The largest absolute Gasteiger partial charge is 0.481 e. The number of hydrogen-bond acceptors (Lipinski definition) is 8. The highest BCUT2D eigenvalue weighted by atomic mass is 33.1. The fourth-order valence-electron chi connectivity index (χ4n) is 4.00. The number of aliphatic carboxylic acids is 2. The van der Waals surface area contributed by atoms with Gasteiger partial charge in [-0.2, -0.15) is 0 Å². The van der Waals surface area contributed by atoms with E-state index in [1.165, 1.54) is 21.6 Å². The van der Waals surface area contributed by atoms with Crippen LogP contribution < -0.4 is 16.8 Å². The van der Waals surface area contributed by atoms with E-state index >= 15 is 0 Å². The fourth-order valence-corrected chi connectivity index (χ4v) is 6.23. The Morgan fingerprint density at radius 3 is 1.61 bits per heavy atom. The second-order valence-electron chi connectivity index (χ2n) is 9.78. The van der Waals surface area contributed by atoms with Crippen LogP contribution in [0.3, 0.4) is 0 Å². The summed E-state index contributed by atoms with van der Waals surface area (Å²) in [5, 5.41) is 21.5. The molecule has 0 fully saturated rings. The van der Waals surface area contributed by atoms with Crippen LogP contribution in [0.1, 0.15) is 109 Å². The van der Waals surface area contributed by atoms with Gasteiger partial charge < -0.3 is 27.0 Å². The van der Waals surface area contributed by atoms with Crippen LogP contribution in [-0.2, 0) is 19.2 Å². The first-order valence-corrected chi connectivity index (χ1v) is 16.7. The summed E-state index contributed by atoms with van der Waals surface area (Å²) in [5.74, 6) is -1.84. The molecule has 0 bridgehead atoms. The maximum Gasteiger partial charge on any atom is 0.326 e. The van der Waals surface area contributed by atoms with Crippen LogP contribution in [0.15, 0.2) is 0 Å². The minimum atomic E-state index is -1.05. The Kier molecular flexibility index (Phi) is 25.1. The summed E-state index contributed by atoms with van der Waals surface area (Å²) in [7, 11) is 2.94. The molecule has 0 aliphatic rings. The number of nitrogens with two attached hydrogens (primary N) is 2. The minimum absolute atomic E-state index is 0.00338. The molecule has 0 saturated heterocycles. The fraction of sp³-hybridized carbons (Fsp3) is 0.852. The summed E-state index contributed by atoms with van der Waals surface area (Å²) in [6, 6.07) is -0.926. The Morgan fingerprint density at radius 1 is 0.632 bits per heavy atom. The third-order valence-corrected chi connectivity index (χ3v) is 8.82. The maximum absolute atomic E-state index is 12.2. The Hall–Kier alpha value is -1.30. The molecule has 0 aliphatic carbocycles. The van der Waals surface area contributed by atoms with Crippen molar-refractivity contribution in [3.63, 3.8) is 0 Å². The van der Waals surface area contributed by atoms with E-state index in [0.29, 0.717) is 50.3 Å². The quantitative estimate of drug-likeness (QED) is 0.0644. The Morgan fingerprint density at radius 2 is 1.11 bits per heavy atom. The van der Waals surface area contributed by atoms with Gasteiger partial charge in [-0.3, -0.25) is 14.4 Å². The van der Waals surface area contributed by atoms with Gasteiger partial charge in [0.2, 0.25) is 5.91 Å². The molecule has 0 heterocycles. The molecular formula is C27H51N3O6S2. The van der Waals surface area contributed by atoms with Gasteiger partial charge in [0.1, 0.15) is 11.8 Å². The number of hydrogen-bond donors (Lipinski definition) is 5. The number of carboxylic acid groups (broad SMARTS) is 2. The zero-order chi connectivity index (χ0) is 28.4. The minimum Gasteiger partial charge on any atom is -0.481 e. The van der Waals surface area contributed by atoms with Crippen molar-refractivity contribution in [1.82, 2.24) is 5.32 Å². The predicted molar refractivity (Wildman–Crippen MR) is 157 cm³/mol. The van der Waals surface area contributed by atoms with Crippen molar-refractivity contribution in [2.75, 3.05) is 24.6 Å². The third kappa shape index (κ3) is 22.7. The van der Waals surface area contributed by atoms with E-state index in [9.17, 15) is 29.4 Å². The normalized spacial score (nSPS) is 12.7. The molecule has 9 nitrogen and oxygen atoms in total. The summed E-state index contributed by atoms with van der Waals surface area (Å²) in [4.78, 5) is 47.4. The predicted octanol–water partition coefficient (Wildman–Crippen LogP) is 4.76. The lowest BCUT2D eigenvalue weighted by Gasteiger charge is -2.14. The molecule has 0 aromatic rings. The number of Topliss-reactive ketones (excluding diaryl/α,β-unsaturated/α-hetero) is 1. The van der Waals surface area contributed by atoms with Crippen LogP contribution >= 0.6 is 21.6 Å². The number of carbonyl (C=O) groups is 4. The standard InChI is InChI=1S/C27H51N3O6S2/c28-17-11-7-3-1-5-9-13-23(31)21-22(26(33)34)15-19-37-38-20-16-24(27(35)36)30-25(32)14-10-6-2-4-8-12-18-29/h22,24H,1-21,28-29H2,(H,30,32)(H,33,34)(H,35,36). The number of carboxylic acids is 2. The van der Waals surface area contributed by atoms with Gasteiger partial charge in [0.05, 0.1) is 5.92 Å². The summed E-state index contributed by atoms with van der Waals surface area (Å²) < 4.78 is 0. The molecular weight excluding hydrogens is 526 g/mol. The van der Waals surface area contributed by atoms with E-state index in [2.05, 4.69) is 5.32 Å². The highest BCUT2D eigenvalue weighted by Crippen LogP contribution is 2.26. The molecule has 1 amide bonds. The molecule has 11 heteroatoms. The van der Waals surface area contributed by atoms with Crippen LogP contribution in [0.4, 0.5) is 0 Å². The van der Waals surface area contributed by atoms with E-state index in [-0.39, 0.29) is 18.1 Å². The number of nitrogens with one attached hydrogen (secondary N) is 1. The molecule has 0 spiro atoms. The van der Waals surface area contributed by atoms with Gasteiger partial charge in [-0.15, -0.1) is 0 Å². The molecule has 0 aliphatic heterocycles. The maximum atomic E-state index is 12.2. The molecule has 38 heavy (non-hydrogen) atoms. The molecule has 0 rings (SSSR count). The zero-order valence-electron chi connectivity index (χ0n) is 23.0. The number of rotatable bonds is 28. The van der Waals surface area contributed by atoms with Crippen LogP contribution in [-0.4, -0.2) is 64.5 Å². The molecule has 222 valence electrons. The number of unbranched alkanes of at least 4 members (excludes halogenated alkanes) is 10. The first-order valence-electron chi connectivity index (χ1n) is 14.2. The van der Waals surface area contributed by atoms with Crippen LogP contribution in [0.5, 0.6) is 0 Å². The topological polar surface area (TPSA) is 173 Å². The Balaban J connectivity index is 4.03. The second-order valence-corrected chi connectivity index (χ2v) is 12.5. The second kappa shape index (κ2) is 26.0. The molecule has 0 saturated carbocycles. The molecule has 2 unspecified atom stereocenters. The average Bonchev–Trinajstić information content (AvgIpc) is 2.87. The summed E-state index contributed by atoms with van der Waals surface area (Å²) in [6.07, 6.45) is 13.6. The van der Waals surface area contributed by atoms with Gasteiger partial charge >= 0.3 is 11.9 Å². The van der Waals surface area contributed by atoms with E-state index in [1.807, 2.05) is 0 Å². The van der Waals surface area contributed by atoms with E-state index in [4.69, 9.17) is 11.5 Å². The van der Waals surface area contributed by atoms with Gasteiger partial charge in [0, 0.05) is 30.8 Å². The first kappa shape index (κ1) is 36.7. The van der Waals surface area contributed by atoms with Gasteiger partial charge in [-0.1, -0.05) is 73.0 Å². The number of carbonyl (C=O) groups excluding carboxylic acids is 2. The first-order chi connectivity index (χ1) is 18.3. The molecule has 2 atom stereocenters. The lowest BCUT2D eigenvalue weighted by atomic mass is 9.97. The Labute approximate surface area is 236 Å².